The van der Waals surface area contributed by atoms with Crippen LogP contribution >= 0.6 is 0 Å². The van der Waals surface area contributed by atoms with Crippen molar-refractivity contribution in [3.05, 3.63) is 35.9 Å². The average Bonchev–Trinajstić information content (AvgIpc) is 2.20. The Labute approximate surface area is 124 Å². The third kappa shape index (κ3) is 4.57. The van der Waals surface area contributed by atoms with Gasteiger partial charge in [0.25, 0.3) is 0 Å². The Bertz CT molecular complexity index is 364. The smallest absolute Gasteiger partial charge is 1.00 e. The van der Waals surface area contributed by atoms with Crippen LogP contribution in [0.1, 0.15) is 18.4 Å². The van der Waals surface area contributed by atoms with E-state index < -0.39 is 17.8 Å². The maximum absolute atomic E-state index is 10.7. The van der Waals surface area contributed by atoms with E-state index in [0.29, 0.717) is 0 Å². The first-order chi connectivity index (χ1) is 6.66. The fraction of sp³-hybridized carbons (Fsp3) is 0.273. The molecular formula is C11H11ILiNO2. The SMILES string of the molecule is CC(C(=O)O)C(C#N)c1ccccc1.[I-].[Li+]. The van der Waals surface area contributed by atoms with Crippen molar-refractivity contribution in [3.63, 3.8) is 0 Å². The molecule has 0 fully saturated rings. The summed E-state index contributed by atoms with van der Waals surface area (Å²) in [5, 5.41) is 17.7. The molecule has 16 heavy (non-hydrogen) atoms. The Morgan fingerprint density at radius 1 is 1.38 bits per heavy atom. The molecule has 1 aromatic rings. The van der Waals surface area contributed by atoms with Gasteiger partial charge in [0.05, 0.1) is 17.9 Å². The number of carboxylic acid groups (broad SMARTS) is 1. The molecule has 2 unspecified atom stereocenters. The van der Waals surface area contributed by atoms with Gasteiger partial charge in [0.2, 0.25) is 0 Å². The van der Waals surface area contributed by atoms with Crippen LogP contribution in [0, 0.1) is 17.2 Å². The number of carboxylic acids is 1. The third-order valence-electron chi connectivity index (χ3n) is 2.19. The van der Waals surface area contributed by atoms with E-state index in [2.05, 4.69) is 0 Å². The first-order valence-electron chi connectivity index (χ1n) is 4.34. The summed E-state index contributed by atoms with van der Waals surface area (Å²) in [5.74, 6) is -2.20. The monoisotopic (exact) mass is 323 g/mol. The maximum atomic E-state index is 10.7. The van der Waals surface area contributed by atoms with Crippen LogP contribution in [0.3, 0.4) is 0 Å². The van der Waals surface area contributed by atoms with Crippen molar-refractivity contribution in [2.75, 3.05) is 0 Å². The molecule has 0 bridgehead atoms. The molecule has 0 aliphatic carbocycles. The number of aliphatic carboxylic acids is 1. The molecule has 0 saturated heterocycles. The molecular weight excluding hydrogens is 312 g/mol. The van der Waals surface area contributed by atoms with Crippen LogP contribution in [0.2, 0.25) is 0 Å². The second kappa shape index (κ2) is 8.64. The number of hydrogen-bond donors (Lipinski definition) is 1. The molecule has 0 heterocycles. The zero-order chi connectivity index (χ0) is 10.6. The largest absolute Gasteiger partial charge is 1.00 e. The molecule has 0 amide bonds. The molecule has 5 heteroatoms. The molecule has 1 rings (SSSR count). The summed E-state index contributed by atoms with van der Waals surface area (Å²) in [4.78, 5) is 10.7. The van der Waals surface area contributed by atoms with E-state index in [-0.39, 0.29) is 42.8 Å². The van der Waals surface area contributed by atoms with Gasteiger partial charge in [-0.15, -0.1) is 0 Å². The minimum Gasteiger partial charge on any atom is -1.00 e. The standard InChI is InChI=1S/C11H11NO2.HI.Li/c1-8(11(13)14)10(7-12)9-5-3-2-4-6-9;;/h2-6,8,10H,1H3,(H,13,14);1H;/q;;+1/p-1. The van der Waals surface area contributed by atoms with Crippen molar-refractivity contribution in [1.29, 1.82) is 5.26 Å². The van der Waals surface area contributed by atoms with Gasteiger partial charge in [0, 0.05) is 0 Å². The molecule has 2 atom stereocenters. The van der Waals surface area contributed by atoms with Crippen molar-refractivity contribution in [2.45, 2.75) is 12.8 Å². The summed E-state index contributed by atoms with van der Waals surface area (Å²) in [6.07, 6.45) is 0. The van der Waals surface area contributed by atoms with E-state index >= 15 is 0 Å². The summed E-state index contributed by atoms with van der Waals surface area (Å²) in [6, 6.07) is 11.0. The molecule has 0 aromatic heterocycles. The molecule has 0 saturated carbocycles. The molecule has 0 radical (unpaired) electrons. The van der Waals surface area contributed by atoms with Crippen molar-refractivity contribution in [1.82, 2.24) is 0 Å². The Hall–Kier alpha value is -0.493. The predicted octanol–water partition coefficient (Wildman–Crippen LogP) is -3.98. The quantitative estimate of drug-likeness (QED) is 0.456. The average molecular weight is 323 g/mol. The van der Waals surface area contributed by atoms with Crippen LogP contribution in [0.4, 0.5) is 0 Å². The van der Waals surface area contributed by atoms with E-state index in [1.165, 1.54) is 0 Å². The topological polar surface area (TPSA) is 61.1 Å². The van der Waals surface area contributed by atoms with Gasteiger partial charge < -0.3 is 29.1 Å². The molecule has 80 valence electrons. The summed E-state index contributed by atoms with van der Waals surface area (Å²) in [6.45, 7) is 1.54. The molecule has 0 aliphatic heterocycles. The number of carbonyl (C=O) groups is 1. The normalized spacial score (nSPS) is 12.2. The number of hydrogen-bond acceptors (Lipinski definition) is 2. The van der Waals surface area contributed by atoms with Gasteiger partial charge in [-0.3, -0.25) is 4.79 Å². The summed E-state index contributed by atoms with van der Waals surface area (Å²) in [7, 11) is 0. The van der Waals surface area contributed by atoms with Gasteiger partial charge in [-0.2, -0.15) is 5.26 Å². The van der Waals surface area contributed by atoms with E-state index in [1.807, 2.05) is 12.1 Å². The summed E-state index contributed by atoms with van der Waals surface area (Å²) < 4.78 is 0. The molecule has 1 N–H and O–H groups in total. The van der Waals surface area contributed by atoms with Gasteiger partial charge in [-0.1, -0.05) is 37.3 Å². The van der Waals surface area contributed by atoms with Crippen LogP contribution in [-0.4, -0.2) is 11.1 Å². The number of halogens is 1. The van der Waals surface area contributed by atoms with Crippen molar-refractivity contribution < 1.29 is 52.7 Å². The fourth-order valence-corrected chi connectivity index (χ4v) is 1.28. The van der Waals surface area contributed by atoms with Crippen molar-refractivity contribution in [2.24, 2.45) is 5.92 Å². The van der Waals surface area contributed by atoms with E-state index in [9.17, 15) is 4.79 Å². The van der Waals surface area contributed by atoms with Gasteiger partial charge in [0.15, 0.2) is 0 Å². The second-order valence-electron chi connectivity index (χ2n) is 3.14. The minimum atomic E-state index is -0.944. The minimum absolute atomic E-state index is 0. The molecule has 0 spiro atoms. The Morgan fingerprint density at radius 3 is 2.25 bits per heavy atom. The fourth-order valence-electron chi connectivity index (χ4n) is 1.28. The second-order valence-corrected chi connectivity index (χ2v) is 3.14. The van der Waals surface area contributed by atoms with Crippen LogP contribution in [0.5, 0.6) is 0 Å². The molecule has 0 aliphatic rings. The molecule has 3 nitrogen and oxygen atoms in total. The van der Waals surface area contributed by atoms with Crippen LogP contribution in [0.15, 0.2) is 30.3 Å². The zero-order valence-corrected chi connectivity index (χ0v) is 11.4. The third-order valence-corrected chi connectivity index (χ3v) is 2.19. The maximum Gasteiger partial charge on any atom is 1.00 e. The van der Waals surface area contributed by atoms with Crippen molar-refractivity contribution >= 4 is 5.97 Å². The first-order valence-corrected chi connectivity index (χ1v) is 4.34. The Balaban J connectivity index is 0. The van der Waals surface area contributed by atoms with Crippen LogP contribution in [-0.2, 0) is 4.79 Å². The van der Waals surface area contributed by atoms with Crippen LogP contribution in [0.25, 0.3) is 0 Å². The van der Waals surface area contributed by atoms with Crippen molar-refractivity contribution in [3.8, 4) is 6.07 Å². The number of nitrogens with zero attached hydrogens (tertiary/aromatic N) is 1. The number of rotatable bonds is 3. The van der Waals surface area contributed by atoms with E-state index in [1.54, 1.807) is 31.2 Å². The van der Waals surface area contributed by atoms with E-state index in [0.717, 1.165) is 5.56 Å². The summed E-state index contributed by atoms with van der Waals surface area (Å²) in [5.41, 5.74) is 0.755. The number of nitriles is 1. The first kappa shape index (κ1) is 17.9. The van der Waals surface area contributed by atoms with Gasteiger partial charge >= 0.3 is 24.8 Å². The van der Waals surface area contributed by atoms with Gasteiger partial charge in [-0.05, 0) is 5.56 Å². The Morgan fingerprint density at radius 2 is 1.88 bits per heavy atom. The Kier molecular flexibility index (Phi) is 9.65. The van der Waals surface area contributed by atoms with E-state index in [4.69, 9.17) is 10.4 Å². The molecule has 1 aromatic carbocycles. The zero-order valence-electron chi connectivity index (χ0n) is 9.22. The van der Waals surface area contributed by atoms with Crippen LogP contribution < -0.4 is 42.8 Å². The number of benzene rings is 1. The summed E-state index contributed by atoms with van der Waals surface area (Å²) >= 11 is 0. The van der Waals surface area contributed by atoms with Gasteiger partial charge in [0.1, 0.15) is 0 Å². The van der Waals surface area contributed by atoms with Gasteiger partial charge in [-0.25, -0.2) is 0 Å². The predicted molar refractivity (Wildman–Crippen MR) is 51.6 cm³/mol.